The molecule has 2 aromatic rings. The second kappa shape index (κ2) is 4.15. The lowest BCUT2D eigenvalue weighted by molar-refractivity contribution is 0.723. The van der Waals surface area contributed by atoms with E-state index >= 15 is 0 Å². The highest BCUT2D eigenvalue weighted by atomic mass is 32.2. The second-order valence-corrected chi connectivity index (χ2v) is 6.41. The zero-order valence-corrected chi connectivity index (χ0v) is 10.8. The van der Waals surface area contributed by atoms with E-state index in [-0.39, 0.29) is 4.75 Å². The van der Waals surface area contributed by atoms with Crippen molar-refractivity contribution in [3.63, 3.8) is 0 Å². The Morgan fingerprint density at radius 3 is 2.69 bits per heavy atom. The van der Waals surface area contributed by atoms with E-state index in [4.69, 9.17) is 5.73 Å². The zero-order chi connectivity index (χ0) is 11.8. The number of hydrogen-bond acceptors (Lipinski definition) is 2. The van der Waals surface area contributed by atoms with Crippen molar-refractivity contribution in [2.75, 3.05) is 6.54 Å². The smallest absolute Gasteiger partial charge is 0.0467 e. The van der Waals surface area contributed by atoms with Crippen LogP contribution >= 0.6 is 11.8 Å². The van der Waals surface area contributed by atoms with Gasteiger partial charge in [-0.05, 0) is 26.8 Å². The van der Waals surface area contributed by atoms with Crippen molar-refractivity contribution in [2.45, 2.75) is 30.4 Å². The Morgan fingerprint density at radius 1 is 1.31 bits per heavy atom. The first-order valence-electron chi connectivity index (χ1n) is 5.50. The fourth-order valence-corrected chi connectivity index (χ4v) is 2.83. The molecule has 0 aliphatic heterocycles. The summed E-state index contributed by atoms with van der Waals surface area (Å²) >= 11 is 1.85. The maximum absolute atomic E-state index is 5.79. The first-order chi connectivity index (χ1) is 7.53. The van der Waals surface area contributed by atoms with E-state index < -0.39 is 0 Å². The van der Waals surface area contributed by atoms with Crippen molar-refractivity contribution in [3.8, 4) is 0 Å². The van der Waals surface area contributed by atoms with Crippen molar-refractivity contribution in [2.24, 2.45) is 5.73 Å². The van der Waals surface area contributed by atoms with Crippen LogP contribution < -0.4 is 5.73 Å². The van der Waals surface area contributed by atoms with Crippen molar-refractivity contribution in [1.29, 1.82) is 0 Å². The van der Waals surface area contributed by atoms with Crippen LogP contribution in [-0.4, -0.2) is 16.3 Å². The summed E-state index contributed by atoms with van der Waals surface area (Å²) in [5.74, 6) is 0. The first-order valence-corrected chi connectivity index (χ1v) is 6.31. The Bertz CT molecular complexity index is 500. The molecular weight excluding hydrogens is 216 g/mol. The van der Waals surface area contributed by atoms with Gasteiger partial charge in [-0.25, -0.2) is 0 Å². The van der Waals surface area contributed by atoms with Gasteiger partial charge in [0.1, 0.15) is 0 Å². The molecular formula is C13H18N2S. The summed E-state index contributed by atoms with van der Waals surface area (Å²) in [7, 11) is 0. The number of benzene rings is 1. The molecule has 0 saturated carbocycles. The number of nitrogens with one attached hydrogen (secondary N) is 1. The van der Waals surface area contributed by atoms with Crippen molar-refractivity contribution in [3.05, 3.63) is 30.0 Å². The number of rotatable bonds is 3. The molecule has 16 heavy (non-hydrogen) atoms. The van der Waals surface area contributed by atoms with Gasteiger partial charge < -0.3 is 10.7 Å². The molecule has 0 spiro atoms. The highest BCUT2D eigenvalue weighted by Gasteiger charge is 2.20. The maximum atomic E-state index is 5.79. The average molecular weight is 234 g/mol. The standard InChI is InChI=1S/C13H18N2S/c1-9-12(16-13(2,3)8-14)10-6-4-5-7-11(10)15-9/h4-7,15H,8,14H2,1-3H3. The van der Waals surface area contributed by atoms with E-state index in [1.54, 1.807) is 0 Å². The Hall–Kier alpha value is -0.930. The minimum atomic E-state index is 0.0791. The van der Waals surface area contributed by atoms with Gasteiger partial charge in [0.15, 0.2) is 0 Å². The van der Waals surface area contributed by atoms with Gasteiger partial charge in [-0.3, -0.25) is 0 Å². The van der Waals surface area contributed by atoms with Crippen LogP contribution in [0.4, 0.5) is 0 Å². The molecule has 3 heteroatoms. The van der Waals surface area contributed by atoms with Crippen molar-refractivity contribution < 1.29 is 0 Å². The summed E-state index contributed by atoms with van der Waals surface area (Å²) in [5, 5.41) is 1.30. The molecule has 86 valence electrons. The van der Waals surface area contributed by atoms with Crippen molar-refractivity contribution >= 4 is 22.7 Å². The van der Waals surface area contributed by atoms with Gasteiger partial charge >= 0.3 is 0 Å². The third-order valence-electron chi connectivity index (χ3n) is 2.70. The molecule has 0 bridgehead atoms. The molecule has 0 aliphatic carbocycles. The van der Waals surface area contributed by atoms with E-state index in [1.165, 1.54) is 21.5 Å². The molecule has 0 saturated heterocycles. The van der Waals surface area contributed by atoms with Gasteiger partial charge in [0.05, 0.1) is 0 Å². The highest BCUT2D eigenvalue weighted by molar-refractivity contribution is 8.01. The Balaban J connectivity index is 2.47. The molecule has 0 fully saturated rings. The second-order valence-electron chi connectivity index (χ2n) is 4.69. The molecule has 0 aliphatic rings. The summed E-state index contributed by atoms with van der Waals surface area (Å²) < 4.78 is 0.0791. The number of H-pyrrole nitrogens is 1. The minimum Gasteiger partial charge on any atom is -0.358 e. The topological polar surface area (TPSA) is 41.8 Å². The van der Waals surface area contributed by atoms with E-state index in [0.717, 1.165) is 0 Å². The number of hydrogen-bond donors (Lipinski definition) is 2. The molecule has 3 N–H and O–H groups in total. The van der Waals surface area contributed by atoms with Crippen LogP contribution in [0, 0.1) is 6.92 Å². The average Bonchev–Trinajstić information content (AvgIpc) is 2.56. The molecule has 0 unspecified atom stereocenters. The van der Waals surface area contributed by atoms with Crippen LogP contribution in [0.3, 0.4) is 0 Å². The third kappa shape index (κ3) is 2.11. The summed E-state index contributed by atoms with van der Waals surface area (Å²) in [5.41, 5.74) is 8.22. The van der Waals surface area contributed by atoms with E-state index in [0.29, 0.717) is 6.54 Å². The Kier molecular flexibility index (Phi) is 3.00. The summed E-state index contributed by atoms with van der Waals surface area (Å²) in [4.78, 5) is 4.74. The van der Waals surface area contributed by atoms with Gasteiger partial charge in [-0.2, -0.15) is 0 Å². The Labute approximate surface area is 101 Å². The highest BCUT2D eigenvalue weighted by Crippen LogP contribution is 2.38. The summed E-state index contributed by atoms with van der Waals surface area (Å²) in [6.45, 7) is 7.16. The number of para-hydroxylation sites is 1. The summed E-state index contributed by atoms with van der Waals surface area (Å²) in [6.07, 6.45) is 0. The SMILES string of the molecule is Cc1[nH]c2ccccc2c1SC(C)(C)CN. The molecule has 0 radical (unpaired) electrons. The molecule has 0 amide bonds. The molecule has 1 heterocycles. The summed E-state index contributed by atoms with van der Waals surface area (Å²) in [6, 6.07) is 8.41. The molecule has 2 nitrogen and oxygen atoms in total. The quantitative estimate of drug-likeness (QED) is 0.800. The molecule has 1 aromatic heterocycles. The van der Waals surface area contributed by atoms with Gasteiger partial charge in [-0.15, -0.1) is 11.8 Å². The Morgan fingerprint density at radius 2 is 2.00 bits per heavy atom. The largest absolute Gasteiger partial charge is 0.358 e. The van der Waals surface area contributed by atoms with E-state index in [1.807, 2.05) is 11.8 Å². The fourth-order valence-electron chi connectivity index (χ4n) is 1.70. The van der Waals surface area contributed by atoms with Crippen molar-refractivity contribution in [1.82, 2.24) is 4.98 Å². The van der Waals surface area contributed by atoms with E-state index in [2.05, 4.69) is 50.0 Å². The van der Waals surface area contributed by atoms with Crippen LogP contribution in [0.2, 0.25) is 0 Å². The van der Waals surface area contributed by atoms with Crippen LogP contribution in [0.15, 0.2) is 29.2 Å². The number of thioether (sulfide) groups is 1. The first kappa shape index (κ1) is 11.6. The van der Waals surface area contributed by atoms with Crippen LogP contribution in [-0.2, 0) is 0 Å². The lowest BCUT2D eigenvalue weighted by Crippen LogP contribution is -2.26. The van der Waals surface area contributed by atoms with Crippen LogP contribution in [0.1, 0.15) is 19.5 Å². The van der Waals surface area contributed by atoms with E-state index in [9.17, 15) is 0 Å². The number of fused-ring (bicyclic) bond motifs is 1. The lowest BCUT2D eigenvalue weighted by atomic mass is 10.2. The number of aryl methyl sites for hydroxylation is 1. The monoisotopic (exact) mass is 234 g/mol. The minimum absolute atomic E-state index is 0.0791. The number of aromatic amines is 1. The molecule has 1 aromatic carbocycles. The predicted molar refractivity (Wildman–Crippen MR) is 72.0 cm³/mol. The van der Waals surface area contributed by atoms with Gasteiger partial charge in [0.2, 0.25) is 0 Å². The lowest BCUT2D eigenvalue weighted by Gasteiger charge is -2.21. The predicted octanol–water partition coefficient (Wildman–Crippen LogP) is 3.31. The molecule has 0 atom stereocenters. The third-order valence-corrected chi connectivity index (χ3v) is 4.15. The normalized spacial score (nSPS) is 12.2. The van der Waals surface area contributed by atoms with Gasteiger partial charge in [-0.1, -0.05) is 18.2 Å². The number of nitrogens with two attached hydrogens (primary N) is 1. The van der Waals surface area contributed by atoms with Crippen LogP contribution in [0.25, 0.3) is 10.9 Å². The zero-order valence-electron chi connectivity index (χ0n) is 10.0. The fraction of sp³-hybridized carbons (Fsp3) is 0.385. The van der Waals surface area contributed by atoms with Gasteiger partial charge in [0.25, 0.3) is 0 Å². The maximum Gasteiger partial charge on any atom is 0.0467 e. The molecule has 2 rings (SSSR count). The van der Waals surface area contributed by atoms with Crippen LogP contribution in [0.5, 0.6) is 0 Å². The number of aromatic nitrogens is 1. The van der Waals surface area contributed by atoms with Gasteiger partial charge in [0, 0.05) is 32.8 Å².